The highest BCUT2D eigenvalue weighted by atomic mass is 16.7. The lowest BCUT2D eigenvalue weighted by molar-refractivity contribution is -0.215. The van der Waals surface area contributed by atoms with Gasteiger partial charge in [0.25, 0.3) is 0 Å². The normalized spacial score (nSPS) is 14.5. The van der Waals surface area contributed by atoms with Gasteiger partial charge in [-0.3, -0.25) is 9.59 Å². The third-order valence-electron chi connectivity index (χ3n) is 6.18. The van der Waals surface area contributed by atoms with E-state index >= 15 is 0 Å². The van der Waals surface area contributed by atoms with E-state index in [0.717, 1.165) is 11.1 Å². The number of benzene rings is 2. The number of hydrogen-bond donors (Lipinski definition) is 0. The Morgan fingerprint density at radius 2 is 0.900 bits per heavy atom. The number of hydrogen-bond acceptors (Lipinski definition) is 10. The van der Waals surface area contributed by atoms with Gasteiger partial charge in [0.2, 0.25) is 0 Å². The molecule has 0 aliphatic carbocycles. The second kappa shape index (κ2) is 18.5. The Morgan fingerprint density at radius 3 is 1.18 bits per heavy atom. The molecule has 0 heterocycles. The Kier molecular flexibility index (Phi) is 15.4. The molecular formula is C30H42O10. The fourth-order valence-electron chi connectivity index (χ4n) is 4.20. The van der Waals surface area contributed by atoms with Crippen LogP contribution in [0.15, 0.2) is 60.7 Å². The zero-order chi connectivity index (χ0) is 29.3. The first-order valence-electron chi connectivity index (χ1n) is 13.1. The van der Waals surface area contributed by atoms with E-state index in [0.29, 0.717) is 0 Å². The molecule has 40 heavy (non-hydrogen) atoms. The van der Waals surface area contributed by atoms with Gasteiger partial charge in [-0.15, -0.1) is 0 Å². The molecule has 222 valence electrons. The van der Waals surface area contributed by atoms with Crippen LogP contribution in [0.3, 0.4) is 0 Å². The Balaban J connectivity index is 2.50. The number of carbonyl (C=O) groups excluding carboxylic acids is 2. The Labute approximate surface area is 236 Å². The first kappa shape index (κ1) is 33.3. The molecule has 0 aromatic heterocycles. The number of methoxy groups -OCH3 is 4. The van der Waals surface area contributed by atoms with Crippen LogP contribution in [0.1, 0.15) is 37.8 Å². The molecule has 0 spiro atoms. The molecule has 0 bridgehead atoms. The Hall–Kier alpha value is -2.86. The number of esters is 2. The minimum atomic E-state index is -1.09. The summed E-state index contributed by atoms with van der Waals surface area (Å²) in [7, 11) is 6.00. The monoisotopic (exact) mass is 562 g/mol. The van der Waals surface area contributed by atoms with Crippen LogP contribution >= 0.6 is 0 Å². The molecule has 0 aliphatic heterocycles. The molecule has 0 saturated carbocycles. The second-order valence-corrected chi connectivity index (χ2v) is 9.09. The average molecular weight is 563 g/mol. The van der Waals surface area contributed by atoms with Crippen molar-refractivity contribution < 1.29 is 47.5 Å². The lowest BCUT2D eigenvalue weighted by Crippen LogP contribution is -2.52. The third kappa shape index (κ3) is 11.7. The lowest BCUT2D eigenvalue weighted by atomic mass is 9.97. The summed E-state index contributed by atoms with van der Waals surface area (Å²) in [6.45, 7) is 2.96. The molecule has 10 heteroatoms. The van der Waals surface area contributed by atoms with E-state index in [4.69, 9.17) is 37.9 Å². The maximum Gasteiger partial charge on any atom is 0.303 e. The van der Waals surface area contributed by atoms with Crippen LogP contribution in [-0.4, -0.2) is 77.4 Å². The summed E-state index contributed by atoms with van der Waals surface area (Å²) < 4.78 is 46.0. The van der Waals surface area contributed by atoms with Gasteiger partial charge in [0, 0.05) is 55.1 Å². The third-order valence-corrected chi connectivity index (χ3v) is 6.18. The maximum atomic E-state index is 12.4. The van der Waals surface area contributed by atoms with Gasteiger partial charge in [-0.25, -0.2) is 0 Å². The van der Waals surface area contributed by atoms with Gasteiger partial charge in [-0.2, -0.15) is 0 Å². The quantitative estimate of drug-likeness (QED) is 0.184. The van der Waals surface area contributed by atoms with Crippen LogP contribution in [0, 0.1) is 0 Å². The number of rotatable bonds is 19. The van der Waals surface area contributed by atoms with Gasteiger partial charge in [0.1, 0.15) is 12.2 Å². The van der Waals surface area contributed by atoms with Crippen LogP contribution < -0.4 is 0 Å². The summed E-state index contributed by atoms with van der Waals surface area (Å²) in [5, 5.41) is 0. The largest absolute Gasteiger partial charge is 0.456 e. The Bertz CT molecular complexity index is 883. The molecule has 0 fully saturated rings. The van der Waals surface area contributed by atoms with E-state index in [1.165, 1.54) is 42.3 Å². The maximum absolute atomic E-state index is 12.4. The van der Waals surface area contributed by atoms with Gasteiger partial charge < -0.3 is 37.9 Å². The fraction of sp³-hybridized carbons (Fsp3) is 0.533. The molecule has 0 amide bonds. The van der Waals surface area contributed by atoms with E-state index in [-0.39, 0.29) is 26.1 Å². The van der Waals surface area contributed by atoms with Crippen LogP contribution in [0.25, 0.3) is 0 Å². The number of ether oxygens (including phenoxy) is 8. The second-order valence-electron chi connectivity index (χ2n) is 9.09. The van der Waals surface area contributed by atoms with Gasteiger partial charge in [-0.1, -0.05) is 60.7 Å². The van der Waals surface area contributed by atoms with E-state index < -0.39 is 48.9 Å². The smallest absolute Gasteiger partial charge is 0.303 e. The zero-order valence-electron chi connectivity index (χ0n) is 24.1. The first-order chi connectivity index (χ1) is 19.3. The van der Waals surface area contributed by atoms with Crippen LogP contribution in [-0.2, 0) is 60.7 Å². The van der Waals surface area contributed by atoms with Crippen LogP contribution in [0.2, 0.25) is 0 Å². The predicted molar refractivity (Wildman–Crippen MR) is 146 cm³/mol. The molecular weight excluding hydrogens is 520 g/mol. The molecule has 2 rings (SSSR count). The lowest BCUT2D eigenvalue weighted by Gasteiger charge is -2.38. The number of carbonyl (C=O) groups is 2. The van der Waals surface area contributed by atoms with Crippen LogP contribution in [0.5, 0.6) is 0 Å². The van der Waals surface area contributed by atoms with E-state index in [2.05, 4.69) is 0 Å². The summed E-state index contributed by atoms with van der Waals surface area (Å²) in [5.74, 6) is -1.17. The van der Waals surface area contributed by atoms with E-state index in [1.54, 1.807) is 0 Å². The standard InChI is InChI=1S/C30H42O10/c1-21(31)39-29(25(17-27(33-3)34-4)37-19-23-13-9-7-10-14-23)30(40-22(2)32)26(18-28(35-5)36-6)38-20-24-15-11-8-12-16-24/h7-16,25-30H,17-20H2,1-6H3. The molecule has 0 saturated heterocycles. The highest BCUT2D eigenvalue weighted by Crippen LogP contribution is 2.27. The minimum Gasteiger partial charge on any atom is -0.456 e. The molecule has 0 N–H and O–H groups in total. The van der Waals surface area contributed by atoms with Crippen molar-refractivity contribution in [2.45, 2.75) is 76.9 Å². The first-order valence-corrected chi connectivity index (χ1v) is 13.1. The molecule has 0 radical (unpaired) electrons. The summed E-state index contributed by atoms with van der Waals surface area (Å²) in [6.07, 6.45) is -4.86. The van der Waals surface area contributed by atoms with Crippen molar-refractivity contribution in [1.82, 2.24) is 0 Å². The fourth-order valence-corrected chi connectivity index (χ4v) is 4.20. The molecule has 10 nitrogen and oxygen atoms in total. The molecule has 2 aromatic rings. The van der Waals surface area contributed by atoms with Crippen LogP contribution in [0.4, 0.5) is 0 Å². The summed E-state index contributed by atoms with van der Waals surface area (Å²) in [4.78, 5) is 24.8. The summed E-state index contributed by atoms with van der Waals surface area (Å²) >= 11 is 0. The SMILES string of the molecule is COC(CC(OCc1ccccc1)C(OC(C)=O)C(OC(C)=O)C(CC(OC)OC)OCc1ccccc1)OC. The van der Waals surface area contributed by atoms with Crippen molar-refractivity contribution in [2.24, 2.45) is 0 Å². The van der Waals surface area contributed by atoms with Crippen molar-refractivity contribution in [3.63, 3.8) is 0 Å². The van der Waals surface area contributed by atoms with Gasteiger partial charge in [-0.05, 0) is 11.1 Å². The van der Waals surface area contributed by atoms with E-state index in [9.17, 15) is 9.59 Å². The molecule has 4 unspecified atom stereocenters. The van der Waals surface area contributed by atoms with Crippen molar-refractivity contribution in [1.29, 1.82) is 0 Å². The van der Waals surface area contributed by atoms with Gasteiger partial charge in [0.15, 0.2) is 24.8 Å². The topological polar surface area (TPSA) is 108 Å². The van der Waals surface area contributed by atoms with Crippen molar-refractivity contribution in [3.05, 3.63) is 71.8 Å². The van der Waals surface area contributed by atoms with Gasteiger partial charge >= 0.3 is 11.9 Å². The van der Waals surface area contributed by atoms with Crippen molar-refractivity contribution >= 4 is 11.9 Å². The summed E-state index contributed by atoms with van der Waals surface area (Å²) in [6, 6.07) is 19.1. The molecule has 4 atom stereocenters. The van der Waals surface area contributed by atoms with Crippen molar-refractivity contribution in [3.8, 4) is 0 Å². The zero-order valence-corrected chi connectivity index (χ0v) is 24.1. The predicted octanol–water partition coefficient (Wildman–Crippen LogP) is 4.04. The van der Waals surface area contributed by atoms with Gasteiger partial charge in [0.05, 0.1) is 13.2 Å². The highest BCUT2D eigenvalue weighted by molar-refractivity contribution is 5.67. The molecule has 2 aromatic carbocycles. The minimum absolute atomic E-state index is 0.166. The average Bonchev–Trinajstić information content (AvgIpc) is 2.96. The van der Waals surface area contributed by atoms with E-state index in [1.807, 2.05) is 60.7 Å². The summed E-state index contributed by atoms with van der Waals surface area (Å²) in [5.41, 5.74) is 1.81. The van der Waals surface area contributed by atoms with Crippen molar-refractivity contribution in [2.75, 3.05) is 28.4 Å². The molecule has 0 aliphatic rings. The highest BCUT2D eigenvalue weighted by Gasteiger charge is 2.43. The Morgan fingerprint density at radius 1 is 0.575 bits per heavy atom.